The van der Waals surface area contributed by atoms with Gasteiger partial charge in [0.1, 0.15) is 5.84 Å². The average Bonchev–Trinajstić information content (AvgIpc) is 4.16. The number of rotatable bonds is 10. The van der Waals surface area contributed by atoms with Gasteiger partial charge in [0.05, 0.1) is 28.4 Å². The van der Waals surface area contributed by atoms with Gasteiger partial charge in [-0.15, -0.1) is 0 Å². The van der Waals surface area contributed by atoms with E-state index < -0.39 is 0 Å². The van der Waals surface area contributed by atoms with Crippen LogP contribution in [0, 0.1) is 0 Å². The molecule has 0 saturated heterocycles. The predicted octanol–water partition coefficient (Wildman–Crippen LogP) is 13.9. The Balaban J connectivity index is 1.01. The van der Waals surface area contributed by atoms with Gasteiger partial charge in [-0.05, 0) is 120 Å². The quantitative estimate of drug-likeness (QED) is 0.108. The van der Waals surface area contributed by atoms with Crippen LogP contribution in [-0.2, 0) is 12.0 Å². The highest BCUT2D eigenvalue weighted by atomic mass is 15.0. The van der Waals surface area contributed by atoms with E-state index in [0.29, 0.717) is 18.2 Å². The molecular weight excluding hydrogens is 839 g/mol. The van der Waals surface area contributed by atoms with E-state index in [2.05, 4.69) is 218 Å². The zero-order valence-corrected chi connectivity index (χ0v) is 39.4. The Hall–Kier alpha value is -8.28. The van der Waals surface area contributed by atoms with Gasteiger partial charge in [-0.25, -0.2) is 4.99 Å². The first-order valence-corrected chi connectivity index (χ1v) is 24.2. The van der Waals surface area contributed by atoms with Gasteiger partial charge in [0.25, 0.3) is 0 Å². The highest BCUT2D eigenvalue weighted by Gasteiger charge is 2.45. The van der Waals surface area contributed by atoms with Crippen LogP contribution in [0.25, 0.3) is 72.9 Å². The minimum Gasteiger partial charge on any atom is -0.383 e. The number of aromatic nitrogens is 2. The Morgan fingerprint density at radius 3 is 2.00 bits per heavy atom. The Morgan fingerprint density at radius 1 is 0.652 bits per heavy atom. The van der Waals surface area contributed by atoms with E-state index in [1.165, 1.54) is 62.0 Å². The summed E-state index contributed by atoms with van der Waals surface area (Å²) in [5.41, 5.74) is 23.0. The lowest BCUT2D eigenvalue weighted by Crippen LogP contribution is -2.28. The number of benzene rings is 7. The van der Waals surface area contributed by atoms with E-state index in [-0.39, 0.29) is 5.41 Å². The van der Waals surface area contributed by atoms with E-state index in [1.54, 1.807) is 0 Å². The summed E-state index contributed by atoms with van der Waals surface area (Å²) < 4.78 is 4.71. The zero-order valence-electron chi connectivity index (χ0n) is 39.4. The van der Waals surface area contributed by atoms with Gasteiger partial charge in [0, 0.05) is 49.3 Å². The maximum absolute atomic E-state index is 7.04. The molecule has 0 radical (unpaired) electrons. The van der Waals surface area contributed by atoms with Crippen molar-refractivity contribution < 1.29 is 0 Å². The van der Waals surface area contributed by atoms with Crippen LogP contribution in [0.2, 0.25) is 0 Å². The van der Waals surface area contributed by atoms with E-state index >= 15 is 0 Å². The molecule has 7 aromatic carbocycles. The van der Waals surface area contributed by atoms with Gasteiger partial charge in [0.2, 0.25) is 0 Å². The number of para-hydroxylation sites is 2. The van der Waals surface area contributed by atoms with E-state index in [4.69, 9.17) is 15.7 Å². The number of hydrogen-bond donors (Lipinski definition) is 1. The van der Waals surface area contributed by atoms with Crippen molar-refractivity contribution in [2.45, 2.75) is 51.5 Å². The standard InChI is InChI=1S/C64H55N5/c1-5-20-56-50(7-3)54-40-55-51(8-4)58(21-6-2)69(61(55)41-57(54)64(56)36-16-17-37-64)48-26-18-22-43(38-48)42-66-63(46-34-32-45(33-35-46)44-23-10-9-11-24-44)67-62(65)47-25-19-27-49(39-47)68-59-30-14-12-28-52(59)53-29-13-15-31-60(53)68/h5-15,18-35,38-41H,2-3,16-17,36-37,42H2,1,4H3,(H2,65,66,67)/b20-5-,51-8-,58-21+. The van der Waals surface area contributed by atoms with Crippen LogP contribution in [0.5, 0.6) is 0 Å². The molecule has 0 bridgehead atoms. The van der Waals surface area contributed by atoms with Crippen LogP contribution >= 0.6 is 0 Å². The fourth-order valence-corrected chi connectivity index (χ4v) is 11.3. The van der Waals surface area contributed by atoms with Gasteiger partial charge < -0.3 is 14.9 Å². The minimum absolute atomic E-state index is 0.00591. The van der Waals surface area contributed by atoms with Crippen LogP contribution in [0.4, 0.5) is 0 Å². The first-order chi connectivity index (χ1) is 33.9. The van der Waals surface area contributed by atoms with Crippen molar-refractivity contribution in [1.29, 1.82) is 0 Å². The predicted molar refractivity (Wildman–Crippen MR) is 293 cm³/mol. The first kappa shape index (κ1) is 43.3. The van der Waals surface area contributed by atoms with Crippen molar-refractivity contribution in [3.05, 3.63) is 245 Å². The molecule has 336 valence electrons. The molecule has 0 amide bonds. The normalized spacial score (nSPS) is 15.4. The average molecular weight is 894 g/mol. The molecule has 11 rings (SSSR count). The molecule has 0 atom stereocenters. The number of nitrogens with two attached hydrogens (primary N) is 1. The Morgan fingerprint density at radius 2 is 1.32 bits per heavy atom. The molecule has 9 aromatic rings. The molecule has 2 heterocycles. The van der Waals surface area contributed by atoms with Gasteiger partial charge >= 0.3 is 0 Å². The minimum atomic E-state index is -0.00591. The van der Waals surface area contributed by atoms with Crippen LogP contribution in [0.15, 0.2) is 217 Å². The Bertz CT molecular complexity index is 3700. The third kappa shape index (κ3) is 7.42. The van der Waals surface area contributed by atoms with Gasteiger partial charge in [-0.3, -0.25) is 4.99 Å². The number of nitrogens with zero attached hydrogens (tertiary/aromatic N) is 4. The van der Waals surface area contributed by atoms with Crippen molar-refractivity contribution in [2.24, 2.45) is 15.7 Å². The second kappa shape index (κ2) is 18.1. The molecule has 5 heteroatoms. The number of hydrogen-bond acceptors (Lipinski definition) is 1. The van der Waals surface area contributed by atoms with E-state index in [1.807, 2.05) is 18.2 Å². The molecule has 1 saturated carbocycles. The first-order valence-electron chi connectivity index (χ1n) is 24.2. The maximum atomic E-state index is 7.04. The van der Waals surface area contributed by atoms with Crippen molar-refractivity contribution in [2.75, 3.05) is 0 Å². The third-order valence-corrected chi connectivity index (χ3v) is 14.4. The number of allylic oxidation sites excluding steroid dienone is 6. The van der Waals surface area contributed by atoms with Crippen LogP contribution in [-0.4, -0.2) is 20.8 Å². The summed E-state index contributed by atoms with van der Waals surface area (Å²) in [5, 5.41) is 5.93. The summed E-state index contributed by atoms with van der Waals surface area (Å²) in [4.78, 5) is 10.4. The molecule has 2 N–H and O–H groups in total. The molecular formula is C64H55N5. The van der Waals surface area contributed by atoms with Gasteiger partial charge in [0.15, 0.2) is 5.84 Å². The molecule has 1 fully saturated rings. The maximum Gasteiger partial charge on any atom is 0.157 e. The fraction of sp³-hybridized carbons (Fsp3) is 0.125. The fourth-order valence-electron chi connectivity index (χ4n) is 11.3. The van der Waals surface area contributed by atoms with E-state index in [0.717, 1.165) is 68.4 Å². The lowest BCUT2D eigenvalue weighted by Gasteiger charge is -2.28. The van der Waals surface area contributed by atoms with E-state index in [9.17, 15) is 0 Å². The SMILES string of the molecule is C=C/C=c1\c(=C/C)c2cc3c(cc2n1-c1cccc(CN=C(N=C(N)c2cccc(-n4c5ccccc5c5ccccc54)c2)c2ccc(-c4ccccc4)cc2)c1)C1(CCCC1)C(/C=C\C)=C3C=C. The highest BCUT2D eigenvalue weighted by molar-refractivity contribution is 6.12. The molecule has 2 aliphatic carbocycles. The second-order valence-corrected chi connectivity index (χ2v) is 18.2. The van der Waals surface area contributed by atoms with Crippen LogP contribution in [0.1, 0.15) is 67.3 Å². The summed E-state index contributed by atoms with van der Waals surface area (Å²) in [7, 11) is 0. The Labute approximate surface area is 404 Å². The number of fused-ring (bicyclic) bond motifs is 6. The lowest BCUT2D eigenvalue weighted by atomic mass is 9.75. The van der Waals surface area contributed by atoms with Gasteiger partial charge in [-0.2, -0.15) is 0 Å². The highest BCUT2D eigenvalue weighted by Crippen LogP contribution is 2.56. The lowest BCUT2D eigenvalue weighted by molar-refractivity contribution is 0.545. The summed E-state index contributed by atoms with van der Waals surface area (Å²) in [5.74, 6) is 0.956. The molecule has 2 aliphatic rings. The molecule has 5 nitrogen and oxygen atoms in total. The van der Waals surface area contributed by atoms with Crippen molar-refractivity contribution >= 4 is 62.1 Å². The molecule has 0 unspecified atom stereocenters. The molecule has 0 aliphatic heterocycles. The van der Waals surface area contributed by atoms with Crippen molar-refractivity contribution in [3.63, 3.8) is 0 Å². The van der Waals surface area contributed by atoms with Crippen molar-refractivity contribution in [3.8, 4) is 22.5 Å². The number of aliphatic imine (C=N–C) groups is 2. The van der Waals surface area contributed by atoms with Crippen LogP contribution < -0.4 is 16.3 Å². The third-order valence-electron chi connectivity index (χ3n) is 14.4. The smallest absolute Gasteiger partial charge is 0.157 e. The number of amidine groups is 2. The Kier molecular flexibility index (Phi) is 11.3. The van der Waals surface area contributed by atoms with Crippen LogP contribution in [0.3, 0.4) is 0 Å². The second-order valence-electron chi connectivity index (χ2n) is 18.2. The summed E-state index contributed by atoms with van der Waals surface area (Å²) in [6.07, 6.45) is 17.6. The summed E-state index contributed by atoms with van der Waals surface area (Å²) in [6, 6.07) is 58.0. The topological polar surface area (TPSA) is 60.6 Å². The van der Waals surface area contributed by atoms with Crippen molar-refractivity contribution in [1.82, 2.24) is 9.13 Å². The largest absolute Gasteiger partial charge is 0.383 e. The molecule has 69 heavy (non-hydrogen) atoms. The monoisotopic (exact) mass is 893 g/mol. The summed E-state index contributed by atoms with van der Waals surface area (Å²) in [6.45, 7) is 13.2. The molecule has 1 spiro atoms. The van der Waals surface area contributed by atoms with Gasteiger partial charge in [-0.1, -0.05) is 172 Å². The zero-order chi connectivity index (χ0) is 47.1. The molecule has 2 aromatic heterocycles. The summed E-state index contributed by atoms with van der Waals surface area (Å²) >= 11 is 0.